The molecule has 1 saturated heterocycles. The van der Waals surface area contributed by atoms with Crippen LogP contribution in [0.5, 0.6) is 0 Å². The molecule has 1 atom stereocenters. The van der Waals surface area contributed by atoms with Crippen molar-refractivity contribution >= 4 is 11.7 Å². The van der Waals surface area contributed by atoms with E-state index in [-0.39, 0.29) is 24.1 Å². The first-order chi connectivity index (χ1) is 11.0. The van der Waals surface area contributed by atoms with Gasteiger partial charge in [0.1, 0.15) is 5.69 Å². The number of carbonyl (C=O) groups excluding carboxylic acids is 1. The monoisotopic (exact) mass is 324 g/mol. The van der Waals surface area contributed by atoms with Crippen LogP contribution in [0.15, 0.2) is 12.1 Å². The molecule has 124 valence electrons. The third kappa shape index (κ3) is 4.18. The van der Waals surface area contributed by atoms with E-state index in [1.807, 2.05) is 0 Å². The summed E-state index contributed by atoms with van der Waals surface area (Å²) in [5.41, 5.74) is -0.854. The second-order valence-corrected chi connectivity index (χ2v) is 5.54. The molecule has 2 rings (SSSR count). The van der Waals surface area contributed by atoms with E-state index in [1.165, 1.54) is 0 Å². The van der Waals surface area contributed by atoms with Crippen molar-refractivity contribution in [1.82, 2.24) is 5.32 Å². The number of hydrogen-bond donors (Lipinski definition) is 3. The molecule has 1 aromatic rings. The van der Waals surface area contributed by atoms with Crippen molar-refractivity contribution in [2.24, 2.45) is 5.41 Å². The molecule has 0 aliphatic carbocycles. The lowest BCUT2D eigenvalue weighted by Crippen LogP contribution is -2.40. The first kappa shape index (κ1) is 17.2. The molecular formula is C16H18F2N2O3. The largest absolute Gasteiger partial charge is 0.396 e. The van der Waals surface area contributed by atoms with E-state index < -0.39 is 23.4 Å². The highest BCUT2D eigenvalue weighted by molar-refractivity contribution is 5.89. The van der Waals surface area contributed by atoms with Gasteiger partial charge in [0, 0.05) is 30.7 Å². The van der Waals surface area contributed by atoms with E-state index in [0.29, 0.717) is 26.1 Å². The van der Waals surface area contributed by atoms with Crippen LogP contribution in [0.2, 0.25) is 0 Å². The van der Waals surface area contributed by atoms with E-state index in [0.717, 1.165) is 12.1 Å². The zero-order valence-electron chi connectivity index (χ0n) is 12.5. The molecule has 2 amide bonds. The number of carbonyl (C=O) groups is 1. The van der Waals surface area contributed by atoms with E-state index >= 15 is 0 Å². The molecule has 1 unspecified atom stereocenters. The average Bonchev–Trinajstić information content (AvgIpc) is 2.98. The van der Waals surface area contributed by atoms with Gasteiger partial charge >= 0.3 is 6.03 Å². The third-order valence-electron chi connectivity index (χ3n) is 3.90. The summed E-state index contributed by atoms with van der Waals surface area (Å²) in [5.74, 6) is 0.240. The van der Waals surface area contributed by atoms with Gasteiger partial charge in [-0.15, -0.1) is 6.42 Å². The Labute approximate surface area is 133 Å². The van der Waals surface area contributed by atoms with E-state index in [9.17, 15) is 13.6 Å². The Bertz CT molecular complexity index is 599. The molecule has 3 N–H and O–H groups in total. The van der Waals surface area contributed by atoms with Crippen LogP contribution in [-0.4, -0.2) is 37.5 Å². The number of aliphatic hydroxyl groups excluding tert-OH is 1. The van der Waals surface area contributed by atoms with E-state index in [1.54, 1.807) is 0 Å². The molecule has 0 bridgehead atoms. The third-order valence-corrected chi connectivity index (χ3v) is 3.90. The number of anilines is 1. The minimum atomic E-state index is -0.942. The van der Waals surface area contributed by atoms with Gasteiger partial charge in [0.05, 0.1) is 6.61 Å². The van der Waals surface area contributed by atoms with Gasteiger partial charge in [0.2, 0.25) is 0 Å². The van der Waals surface area contributed by atoms with Crippen molar-refractivity contribution in [3.63, 3.8) is 0 Å². The highest BCUT2D eigenvalue weighted by Crippen LogP contribution is 2.31. The first-order valence-corrected chi connectivity index (χ1v) is 7.19. The summed E-state index contributed by atoms with van der Waals surface area (Å²) in [6, 6.07) is 1.20. The van der Waals surface area contributed by atoms with Gasteiger partial charge in [0.25, 0.3) is 0 Å². The van der Waals surface area contributed by atoms with Crippen molar-refractivity contribution in [2.75, 3.05) is 31.7 Å². The molecule has 7 heteroatoms. The molecule has 0 aromatic heterocycles. The van der Waals surface area contributed by atoms with Gasteiger partial charge in [0.15, 0.2) is 11.6 Å². The van der Waals surface area contributed by atoms with Crippen molar-refractivity contribution in [3.05, 3.63) is 29.3 Å². The Hall–Kier alpha value is -2.17. The molecule has 1 heterocycles. The van der Waals surface area contributed by atoms with Crippen LogP contribution >= 0.6 is 0 Å². The first-order valence-electron chi connectivity index (χ1n) is 7.19. The molecule has 0 radical (unpaired) electrons. The van der Waals surface area contributed by atoms with E-state index in [4.69, 9.17) is 16.3 Å². The normalized spacial score (nSPS) is 20.1. The van der Waals surface area contributed by atoms with Crippen LogP contribution in [-0.2, 0) is 4.74 Å². The number of benzene rings is 1. The Balaban J connectivity index is 1.99. The topological polar surface area (TPSA) is 70.6 Å². The van der Waals surface area contributed by atoms with Crippen LogP contribution in [0.25, 0.3) is 0 Å². The summed E-state index contributed by atoms with van der Waals surface area (Å²) in [4.78, 5) is 11.9. The number of urea groups is 1. The smallest absolute Gasteiger partial charge is 0.319 e. The van der Waals surface area contributed by atoms with Gasteiger partial charge in [-0.05, 0) is 25.0 Å². The summed E-state index contributed by atoms with van der Waals surface area (Å²) >= 11 is 0. The number of amides is 2. The molecule has 1 fully saturated rings. The fourth-order valence-electron chi connectivity index (χ4n) is 2.51. The molecule has 1 aromatic carbocycles. The molecule has 0 spiro atoms. The van der Waals surface area contributed by atoms with Gasteiger partial charge in [-0.1, -0.05) is 5.92 Å². The second-order valence-electron chi connectivity index (χ2n) is 5.54. The molecule has 1 aliphatic rings. The van der Waals surface area contributed by atoms with Crippen molar-refractivity contribution in [1.29, 1.82) is 0 Å². The number of hydrogen-bond acceptors (Lipinski definition) is 3. The fourth-order valence-corrected chi connectivity index (χ4v) is 2.51. The Morgan fingerprint density at radius 2 is 2.13 bits per heavy atom. The predicted octanol–water partition coefficient (Wildman–Crippen LogP) is 1.86. The van der Waals surface area contributed by atoms with Crippen molar-refractivity contribution in [2.45, 2.75) is 12.8 Å². The zero-order valence-corrected chi connectivity index (χ0v) is 12.5. The van der Waals surface area contributed by atoms with Gasteiger partial charge in [-0.2, -0.15) is 0 Å². The quantitative estimate of drug-likeness (QED) is 0.724. The molecule has 5 nitrogen and oxygen atoms in total. The lowest BCUT2D eigenvalue weighted by molar-refractivity contribution is 0.126. The molecule has 0 saturated carbocycles. The lowest BCUT2D eigenvalue weighted by Gasteiger charge is -2.26. The van der Waals surface area contributed by atoms with Crippen LogP contribution < -0.4 is 10.6 Å². The maximum atomic E-state index is 13.8. The summed E-state index contributed by atoms with van der Waals surface area (Å²) in [6.07, 6.45) is 6.27. The van der Waals surface area contributed by atoms with Crippen LogP contribution in [0.1, 0.15) is 18.4 Å². The van der Waals surface area contributed by atoms with Gasteiger partial charge < -0.3 is 20.5 Å². The van der Waals surface area contributed by atoms with Crippen LogP contribution in [0, 0.1) is 29.4 Å². The summed E-state index contributed by atoms with van der Waals surface area (Å²) in [6.45, 7) is 1.20. The molecular weight excluding hydrogens is 306 g/mol. The Morgan fingerprint density at radius 1 is 1.43 bits per heavy atom. The zero-order chi connectivity index (χ0) is 16.9. The summed E-state index contributed by atoms with van der Waals surface area (Å²) in [5, 5.41) is 13.8. The van der Waals surface area contributed by atoms with Crippen LogP contribution in [0.4, 0.5) is 19.3 Å². The SMILES string of the molecule is C#Cc1cc(F)c(NC(=O)NCC2(CCO)CCOC2)c(F)c1. The maximum absolute atomic E-state index is 13.8. The minimum absolute atomic E-state index is 0.0243. The minimum Gasteiger partial charge on any atom is -0.396 e. The summed E-state index contributed by atoms with van der Waals surface area (Å²) in [7, 11) is 0. The summed E-state index contributed by atoms with van der Waals surface area (Å²) < 4.78 is 32.8. The predicted molar refractivity (Wildman–Crippen MR) is 80.9 cm³/mol. The highest BCUT2D eigenvalue weighted by Gasteiger charge is 2.34. The number of nitrogens with one attached hydrogen (secondary N) is 2. The van der Waals surface area contributed by atoms with E-state index in [2.05, 4.69) is 16.6 Å². The fraction of sp³-hybridized carbons (Fsp3) is 0.438. The van der Waals surface area contributed by atoms with Crippen LogP contribution in [0.3, 0.4) is 0 Å². The Morgan fingerprint density at radius 3 is 2.65 bits per heavy atom. The molecule has 1 aliphatic heterocycles. The maximum Gasteiger partial charge on any atom is 0.319 e. The number of ether oxygens (including phenoxy) is 1. The number of aliphatic hydroxyl groups is 1. The average molecular weight is 324 g/mol. The number of rotatable bonds is 5. The number of halogens is 2. The second kappa shape index (κ2) is 7.40. The van der Waals surface area contributed by atoms with Crippen molar-refractivity contribution in [3.8, 4) is 12.3 Å². The number of terminal acetylenes is 1. The standard InChI is InChI=1S/C16H18F2N2O3/c1-2-11-7-12(17)14(13(18)8-11)20-15(22)19-9-16(3-5-21)4-6-23-10-16/h1,7-8,21H,3-6,9-10H2,(H2,19,20,22). The molecule has 23 heavy (non-hydrogen) atoms. The lowest BCUT2D eigenvalue weighted by atomic mass is 9.84. The van der Waals surface area contributed by atoms with Crippen molar-refractivity contribution < 1.29 is 23.4 Å². The highest BCUT2D eigenvalue weighted by atomic mass is 19.1. The van der Waals surface area contributed by atoms with Gasteiger partial charge in [-0.3, -0.25) is 0 Å². The Kier molecular flexibility index (Phi) is 5.53. The van der Waals surface area contributed by atoms with Gasteiger partial charge in [-0.25, -0.2) is 13.6 Å².